The molecule has 0 unspecified atom stereocenters. The zero-order valence-electron chi connectivity index (χ0n) is 23.4. The molecule has 4 amide bonds. The number of carbonyl (C=O) groups is 5. The van der Waals surface area contributed by atoms with Crippen LogP contribution in [0.25, 0.3) is 11.0 Å². The van der Waals surface area contributed by atoms with Crippen LogP contribution >= 0.6 is 0 Å². The van der Waals surface area contributed by atoms with E-state index in [0.29, 0.717) is 37.8 Å². The van der Waals surface area contributed by atoms with Gasteiger partial charge in [-0.05, 0) is 56.6 Å². The van der Waals surface area contributed by atoms with E-state index in [0.717, 1.165) is 5.39 Å². The minimum Gasteiger partial charge on any atom is -0.451 e. The first-order valence-electron chi connectivity index (χ1n) is 13.6. The molecule has 212 valence electrons. The highest BCUT2D eigenvalue weighted by Crippen LogP contribution is 2.19. The van der Waals surface area contributed by atoms with Crippen molar-refractivity contribution in [1.29, 1.82) is 0 Å². The Morgan fingerprint density at radius 1 is 1.00 bits per heavy atom. The first kappa shape index (κ1) is 29.9. The van der Waals surface area contributed by atoms with Crippen LogP contribution in [-0.2, 0) is 14.4 Å². The molecule has 3 atom stereocenters. The third kappa shape index (κ3) is 8.40. The molecule has 0 bridgehead atoms. The molecular formula is C29H40N4O6. The molecule has 3 N–H and O–H groups in total. The molecule has 0 radical (unpaired) electrons. The van der Waals surface area contributed by atoms with Crippen LogP contribution in [0.1, 0.15) is 70.9 Å². The molecule has 1 aromatic carbocycles. The van der Waals surface area contributed by atoms with Crippen molar-refractivity contribution >= 4 is 40.4 Å². The van der Waals surface area contributed by atoms with Gasteiger partial charge in [-0.25, -0.2) is 4.79 Å². The Balaban J connectivity index is 1.63. The number of hydrogen-bond donors (Lipinski definition) is 3. The highest BCUT2D eigenvalue weighted by atomic mass is 16.3. The van der Waals surface area contributed by atoms with Crippen molar-refractivity contribution in [2.24, 2.45) is 11.8 Å². The molecule has 2 aromatic rings. The second kappa shape index (κ2) is 13.4. The smallest absolute Gasteiger partial charge is 0.318 e. The fraction of sp³-hybridized carbons (Fsp3) is 0.552. The number of carbonyl (C=O) groups excluding carboxylic acids is 5. The lowest BCUT2D eigenvalue weighted by atomic mass is 10.0. The minimum absolute atomic E-state index is 0.0980. The van der Waals surface area contributed by atoms with Gasteiger partial charge in [-0.3, -0.25) is 19.2 Å². The number of para-hydroxylation sites is 1. The third-order valence-corrected chi connectivity index (χ3v) is 6.73. The van der Waals surface area contributed by atoms with Crippen LogP contribution in [0.3, 0.4) is 0 Å². The largest absolute Gasteiger partial charge is 0.451 e. The number of nitrogens with one attached hydrogen (secondary N) is 3. The van der Waals surface area contributed by atoms with E-state index in [4.69, 9.17) is 4.42 Å². The number of nitrogens with zero attached hydrogens (tertiary/aromatic N) is 1. The van der Waals surface area contributed by atoms with E-state index in [2.05, 4.69) is 16.0 Å². The molecule has 1 saturated heterocycles. The first-order chi connectivity index (χ1) is 18.4. The van der Waals surface area contributed by atoms with Crippen LogP contribution in [0, 0.1) is 11.8 Å². The lowest BCUT2D eigenvalue weighted by Crippen LogP contribution is -2.53. The first-order valence-corrected chi connectivity index (χ1v) is 13.6. The summed E-state index contributed by atoms with van der Waals surface area (Å²) >= 11 is 0. The summed E-state index contributed by atoms with van der Waals surface area (Å²) in [5, 5.41) is 9.08. The lowest BCUT2D eigenvalue weighted by molar-refractivity contribution is -0.129. The Kier molecular flexibility index (Phi) is 10.3. The molecule has 1 aromatic heterocycles. The minimum atomic E-state index is -0.867. The molecule has 1 fully saturated rings. The van der Waals surface area contributed by atoms with Crippen molar-refractivity contribution in [3.05, 3.63) is 36.1 Å². The summed E-state index contributed by atoms with van der Waals surface area (Å²) < 4.78 is 5.63. The Hall–Kier alpha value is -3.69. The van der Waals surface area contributed by atoms with E-state index >= 15 is 0 Å². The molecule has 0 saturated carbocycles. The highest BCUT2D eigenvalue weighted by Gasteiger charge is 2.32. The van der Waals surface area contributed by atoms with Crippen LogP contribution in [0.15, 0.2) is 34.7 Å². The maximum atomic E-state index is 13.2. The lowest BCUT2D eigenvalue weighted by Gasteiger charge is -2.25. The summed E-state index contributed by atoms with van der Waals surface area (Å²) in [6, 6.07) is 6.14. The molecule has 1 aliphatic rings. The van der Waals surface area contributed by atoms with Crippen molar-refractivity contribution in [3.63, 3.8) is 0 Å². The molecular weight excluding hydrogens is 500 g/mol. The molecule has 1 aliphatic heterocycles. The van der Waals surface area contributed by atoms with E-state index in [1.807, 2.05) is 45.9 Å². The van der Waals surface area contributed by atoms with Crippen LogP contribution in [-0.4, -0.2) is 65.5 Å². The van der Waals surface area contributed by atoms with E-state index < -0.39 is 36.0 Å². The number of urea groups is 1. The molecule has 10 heteroatoms. The van der Waals surface area contributed by atoms with Gasteiger partial charge in [0.15, 0.2) is 17.3 Å². The van der Waals surface area contributed by atoms with Crippen molar-refractivity contribution in [2.45, 2.75) is 78.4 Å². The summed E-state index contributed by atoms with van der Waals surface area (Å²) in [5.41, 5.74) is 0.573. The number of ketones is 2. The van der Waals surface area contributed by atoms with Gasteiger partial charge < -0.3 is 25.3 Å². The van der Waals surface area contributed by atoms with E-state index in [-0.39, 0.29) is 35.7 Å². The SMILES string of the molecule is CC(=O)[C@H](CC(C)C)NC(=O)N1CCC[C@H](NC(=O)[C@H](CC(C)C)NC(=O)c2cc3ccccc3o2)C(=O)C1. The number of fused-ring (bicyclic) bond motifs is 1. The van der Waals surface area contributed by atoms with Crippen molar-refractivity contribution in [1.82, 2.24) is 20.9 Å². The van der Waals surface area contributed by atoms with Gasteiger partial charge in [-0.15, -0.1) is 0 Å². The quantitative estimate of drug-likeness (QED) is 0.422. The monoisotopic (exact) mass is 540 g/mol. The van der Waals surface area contributed by atoms with Gasteiger partial charge in [0, 0.05) is 11.9 Å². The molecule has 3 rings (SSSR count). The number of furan rings is 1. The van der Waals surface area contributed by atoms with Gasteiger partial charge in [0.25, 0.3) is 5.91 Å². The van der Waals surface area contributed by atoms with Gasteiger partial charge in [-0.1, -0.05) is 45.9 Å². The van der Waals surface area contributed by atoms with Crippen LogP contribution in [0.5, 0.6) is 0 Å². The Morgan fingerprint density at radius 2 is 1.67 bits per heavy atom. The van der Waals surface area contributed by atoms with E-state index in [1.54, 1.807) is 12.1 Å². The maximum absolute atomic E-state index is 13.2. The number of likely N-dealkylation sites (tertiary alicyclic amines) is 1. The number of Topliss-reactive ketones (excluding diaryl/α,β-unsaturated/α-hetero) is 2. The Bertz CT molecular complexity index is 1170. The van der Waals surface area contributed by atoms with Gasteiger partial charge in [0.1, 0.15) is 11.6 Å². The molecule has 39 heavy (non-hydrogen) atoms. The summed E-state index contributed by atoms with van der Waals surface area (Å²) in [6.45, 7) is 9.40. The number of rotatable bonds is 10. The predicted octanol–water partition coefficient (Wildman–Crippen LogP) is 3.44. The Morgan fingerprint density at radius 3 is 2.31 bits per heavy atom. The number of hydrogen-bond acceptors (Lipinski definition) is 6. The van der Waals surface area contributed by atoms with Crippen molar-refractivity contribution < 1.29 is 28.4 Å². The maximum Gasteiger partial charge on any atom is 0.318 e. The van der Waals surface area contributed by atoms with E-state index in [1.165, 1.54) is 11.8 Å². The molecule has 0 aliphatic carbocycles. The zero-order valence-corrected chi connectivity index (χ0v) is 23.4. The van der Waals surface area contributed by atoms with Crippen molar-refractivity contribution in [2.75, 3.05) is 13.1 Å². The van der Waals surface area contributed by atoms with Gasteiger partial charge in [0.2, 0.25) is 5.91 Å². The van der Waals surface area contributed by atoms with E-state index in [9.17, 15) is 24.0 Å². The average molecular weight is 541 g/mol. The summed E-state index contributed by atoms with van der Waals surface area (Å²) in [7, 11) is 0. The Labute approximate surface area is 229 Å². The number of benzene rings is 1. The standard InChI is InChI=1S/C29H40N4O6/c1-17(2)13-22(19(5)34)32-29(38)33-12-8-10-21(24(35)16-33)30-27(36)23(14-18(3)4)31-28(37)26-15-20-9-6-7-11-25(20)39-26/h6-7,9,11,15,17-18,21-23H,8,10,12-14,16H2,1-5H3,(H,30,36)(H,31,37)(H,32,38)/t21-,22-,23-/m0/s1. The van der Waals surface area contributed by atoms with Crippen molar-refractivity contribution in [3.8, 4) is 0 Å². The average Bonchev–Trinajstić information content (AvgIpc) is 3.21. The van der Waals surface area contributed by atoms with Crippen LogP contribution in [0.2, 0.25) is 0 Å². The summed E-state index contributed by atoms with van der Waals surface area (Å²) in [5.74, 6) is -0.986. The number of amides is 4. The molecule has 0 spiro atoms. The topological polar surface area (TPSA) is 138 Å². The highest BCUT2D eigenvalue weighted by molar-refractivity contribution is 6.00. The zero-order chi connectivity index (χ0) is 28.7. The predicted molar refractivity (Wildman–Crippen MR) is 147 cm³/mol. The molecule has 10 nitrogen and oxygen atoms in total. The summed E-state index contributed by atoms with van der Waals surface area (Å²) in [4.78, 5) is 65.4. The van der Waals surface area contributed by atoms with Crippen LogP contribution < -0.4 is 16.0 Å². The molecule has 2 heterocycles. The van der Waals surface area contributed by atoms with Gasteiger partial charge in [0.05, 0.1) is 18.6 Å². The van der Waals surface area contributed by atoms with Crippen LogP contribution in [0.4, 0.5) is 4.79 Å². The fourth-order valence-corrected chi connectivity index (χ4v) is 4.69. The fourth-order valence-electron chi connectivity index (χ4n) is 4.69. The summed E-state index contributed by atoms with van der Waals surface area (Å²) in [6.07, 6.45) is 1.75. The second-order valence-corrected chi connectivity index (χ2v) is 11.1. The second-order valence-electron chi connectivity index (χ2n) is 11.1. The normalized spacial score (nSPS) is 17.6. The van der Waals surface area contributed by atoms with Gasteiger partial charge >= 0.3 is 6.03 Å². The third-order valence-electron chi connectivity index (χ3n) is 6.73. The van der Waals surface area contributed by atoms with Gasteiger partial charge in [-0.2, -0.15) is 0 Å².